The summed E-state index contributed by atoms with van der Waals surface area (Å²) in [5.74, 6) is 0. The number of ether oxygens (including phenoxy) is 4. The van der Waals surface area contributed by atoms with E-state index in [2.05, 4.69) is 78.6 Å². The van der Waals surface area contributed by atoms with Crippen molar-refractivity contribution >= 4 is 51.6 Å². The molecule has 246 valence electrons. The molecule has 0 amide bonds. The molecule has 8 nitrogen and oxygen atoms in total. The Morgan fingerprint density at radius 3 is 1.27 bits per heavy atom. The van der Waals surface area contributed by atoms with Crippen molar-refractivity contribution < 1.29 is 35.7 Å². The van der Waals surface area contributed by atoms with Crippen molar-refractivity contribution in [2.75, 3.05) is 61.0 Å². The molecule has 40 heavy (non-hydrogen) atoms. The zero-order valence-corrected chi connectivity index (χ0v) is 35.8. The fraction of sp³-hybridized carbons (Fsp3) is 1.00. The summed E-state index contributed by atoms with van der Waals surface area (Å²) in [6, 6.07) is 2.29. The van der Waals surface area contributed by atoms with Crippen molar-refractivity contribution in [2.24, 2.45) is 0 Å². The maximum Gasteiger partial charge on any atom is 0.312 e. The van der Waals surface area contributed by atoms with Gasteiger partial charge in [-0.15, -0.1) is 0 Å². The van der Waals surface area contributed by atoms with Gasteiger partial charge in [-0.05, 0) is 83.9 Å². The standard InChI is InChI=1S/C12H32O5Si3.C10H26O3Si2.C4H12Si/c1-13-10-11-15-9-8-12-19(4,5)17-20(6,7)16-18(3)14-2;1-11-8-9-12-7-6-10-15(4,5)13-14(2)3;1-5(2,3)4/h18H,8-12H2,1-7H3;14H,6-10H2,1-5H3;1-4H3. The lowest BCUT2D eigenvalue weighted by molar-refractivity contribution is 0.0707. The highest BCUT2D eigenvalue weighted by Crippen LogP contribution is 2.21. The second-order valence-corrected chi connectivity index (χ2v) is 36.8. The number of hydrogen-bond acceptors (Lipinski definition) is 8. The van der Waals surface area contributed by atoms with Gasteiger partial charge in [-0.2, -0.15) is 0 Å². The first-order chi connectivity index (χ1) is 18.2. The Balaban J connectivity index is -0.000000601. The Labute approximate surface area is 257 Å². The molecule has 0 aliphatic heterocycles. The fourth-order valence-electron chi connectivity index (χ4n) is 3.57. The summed E-state index contributed by atoms with van der Waals surface area (Å²) < 4.78 is 44.5. The van der Waals surface area contributed by atoms with Crippen molar-refractivity contribution in [2.45, 2.75) is 110 Å². The lowest BCUT2D eigenvalue weighted by Gasteiger charge is -2.34. The predicted molar refractivity (Wildman–Crippen MR) is 188 cm³/mol. The number of methoxy groups -OCH3 is 2. The minimum Gasteiger partial charge on any atom is -0.458 e. The zero-order valence-electron chi connectivity index (χ0n) is 29.5. The quantitative estimate of drug-likeness (QED) is 0.0984. The van der Waals surface area contributed by atoms with Gasteiger partial charge in [-0.3, -0.25) is 0 Å². The molecule has 0 aromatic heterocycles. The van der Waals surface area contributed by atoms with Crippen LogP contribution in [0.2, 0.25) is 97.2 Å². The van der Waals surface area contributed by atoms with Crippen LogP contribution in [0.3, 0.4) is 0 Å². The predicted octanol–water partition coefficient (Wildman–Crippen LogP) is 6.68. The molecule has 0 rings (SSSR count). The number of hydrogen-bond donors (Lipinski definition) is 0. The molecule has 0 N–H and O–H groups in total. The molecule has 0 aliphatic carbocycles. The van der Waals surface area contributed by atoms with E-state index in [1.54, 1.807) is 21.3 Å². The third-order valence-corrected chi connectivity index (χ3v) is 20.8. The van der Waals surface area contributed by atoms with Gasteiger partial charge in [0.2, 0.25) is 0 Å². The molecular formula is C26H70O8Si6. The SMILES string of the molecule is COCCOCCC[Si](C)(C)O[SiH](C)C.COCCOCCC[Si](C)(C)O[Si](C)(C)O[SiH](C)OC.C[Si](C)(C)C. The average molecular weight is 679 g/mol. The van der Waals surface area contributed by atoms with E-state index >= 15 is 0 Å². The molecule has 0 aliphatic rings. The van der Waals surface area contributed by atoms with E-state index in [-0.39, 0.29) is 0 Å². The molecule has 1 unspecified atom stereocenters. The molecular weight excluding hydrogens is 609 g/mol. The van der Waals surface area contributed by atoms with E-state index in [0.717, 1.165) is 32.1 Å². The van der Waals surface area contributed by atoms with Gasteiger partial charge in [-0.25, -0.2) is 0 Å². The van der Waals surface area contributed by atoms with Crippen LogP contribution in [0.15, 0.2) is 0 Å². The van der Waals surface area contributed by atoms with Crippen LogP contribution >= 0.6 is 0 Å². The Bertz CT molecular complexity index is 558. The summed E-state index contributed by atoms with van der Waals surface area (Å²) in [6.07, 6.45) is 2.15. The topological polar surface area (TPSA) is 73.8 Å². The van der Waals surface area contributed by atoms with Crippen molar-refractivity contribution in [3.8, 4) is 0 Å². The maximum atomic E-state index is 6.36. The smallest absolute Gasteiger partial charge is 0.312 e. The van der Waals surface area contributed by atoms with Crippen LogP contribution in [-0.4, -0.2) is 113 Å². The van der Waals surface area contributed by atoms with Crippen molar-refractivity contribution in [1.29, 1.82) is 0 Å². The Hall–Kier alpha value is 0.981. The van der Waals surface area contributed by atoms with Crippen LogP contribution in [0.25, 0.3) is 0 Å². The second-order valence-electron chi connectivity index (χ2n) is 13.5. The van der Waals surface area contributed by atoms with Gasteiger partial charge in [0.15, 0.2) is 25.7 Å². The summed E-state index contributed by atoms with van der Waals surface area (Å²) in [7, 11) is -3.05. The highest BCUT2D eigenvalue weighted by atomic mass is 28.5. The largest absolute Gasteiger partial charge is 0.458 e. The minimum atomic E-state index is -2.07. The Kier molecular flexibility index (Phi) is 28.7. The Morgan fingerprint density at radius 1 is 0.525 bits per heavy atom. The minimum absolute atomic E-state index is 0.611. The first kappa shape index (κ1) is 45.4. The summed E-state index contributed by atoms with van der Waals surface area (Å²) in [5, 5.41) is 0. The van der Waals surface area contributed by atoms with Gasteiger partial charge in [0.1, 0.15) is 0 Å². The van der Waals surface area contributed by atoms with E-state index in [0.29, 0.717) is 26.4 Å². The van der Waals surface area contributed by atoms with E-state index in [1.165, 1.54) is 6.04 Å². The molecule has 0 aromatic carbocycles. The first-order valence-corrected chi connectivity index (χ1v) is 32.8. The summed E-state index contributed by atoms with van der Waals surface area (Å²) in [5.41, 5.74) is 0. The molecule has 0 heterocycles. The summed E-state index contributed by atoms with van der Waals surface area (Å²) in [6.45, 7) is 33.5. The molecule has 0 radical (unpaired) electrons. The first-order valence-electron chi connectivity index (χ1n) is 14.9. The molecule has 0 fully saturated rings. The highest BCUT2D eigenvalue weighted by Gasteiger charge is 2.35. The lowest BCUT2D eigenvalue weighted by atomic mass is 10.5. The van der Waals surface area contributed by atoms with Crippen LogP contribution in [0, 0.1) is 0 Å². The van der Waals surface area contributed by atoms with Crippen molar-refractivity contribution in [1.82, 2.24) is 0 Å². The molecule has 1 atom stereocenters. The van der Waals surface area contributed by atoms with Crippen molar-refractivity contribution in [3.05, 3.63) is 0 Å². The van der Waals surface area contributed by atoms with E-state index in [1.807, 2.05) is 6.55 Å². The van der Waals surface area contributed by atoms with Crippen molar-refractivity contribution in [3.63, 3.8) is 0 Å². The highest BCUT2D eigenvalue weighted by molar-refractivity contribution is 6.84. The third-order valence-electron chi connectivity index (χ3n) is 4.86. The normalized spacial score (nSPS) is 13.4. The molecule has 0 saturated carbocycles. The van der Waals surface area contributed by atoms with Gasteiger partial charge in [0.05, 0.1) is 26.4 Å². The van der Waals surface area contributed by atoms with Gasteiger partial charge in [-0.1, -0.05) is 26.2 Å². The molecule has 0 aromatic rings. The summed E-state index contributed by atoms with van der Waals surface area (Å²) >= 11 is 0. The average Bonchev–Trinajstić information content (AvgIpc) is 2.75. The van der Waals surface area contributed by atoms with Crippen LogP contribution in [0.4, 0.5) is 0 Å². The van der Waals surface area contributed by atoms with E-state index in [4.69, 9.17) is 35.7 Å². The van der Waals surface area contributed by atoms with Crippen LogP contribution in [0.5, 0.6) is 0 Å². The van der Waals surface area contributed by atoms with Gasteiger partial charge in [0.25, 0.3) is 0 Å². The molecule has 0 spiro atoms. The van der Waals surface area contributed by atoms with Gasteiger partial charge >= 0.3 is 17.8 Å². The fourth-order valence-corrected chi connectivity index (χ4v) is 21.1. The molecule has 14 heteroatoms. The second kappa shape index (κ2) is 25.3. The lowest BCUT2D eigenvalue weighted by Crippen LogP contribution is -2.49. The van der Waals surface area contributed by atoms with Gasteiger partial charge in [0, 0.05) is 42.6 Å². The Morgan fingerprint density at radius 2 is 0.925 bits per heavy atom. The number of rotatable bonds is 21. The van der Waals surface area contributed by atoms with Gasteiger partial charge < -0.3 is 35.7 Å². The molecule has 0 saturated heterocycles. The molecule has 0 bridgehead atoms. The van der Waals surface area contributed by atoms with Crippen LogP contribution in [0.1, 0.15) is 12.8 Å². The monoisotopic (exact) mass is 678 g/mol. The summed E-state index contributed by atoms with van der Waals surface area (Å²) in [4.78, 5) is 0. The van der Waals surface area contributed by atoms with Crippen LogP contribution < -0.4 is 0 Å². The van der Waals surface area contributed by atoms with E-state index < -0.39 is 51.6 Å². The third kappa shape index (κ3) is 41.1. The zero-order chi connectivity index (χ0) is 31.9. The maximum absolute atomic E-state index is 6.36. The van der Waals surface area contributed by atoms with E-state index in [9.17, 15) is 0 Å². The van der Waals surface area contributed by atoms with Crippen LogP contribution in [-0.2, 0) is 35.7 Å².